The summed E-state index contributed by atoms with van der Waals surface area (Å²) in [6.07, 6.45) is 2.87. The number of hydrogen-bond acceptors (Lipinski definition) is 4. The highest BCUT2D eigenvalue weighted by atomic mass is 32.2. The number of nitrogens with one attached hydrogen (secondary N) is 1. The van der Waals surface area contributed by atoms with Crippen LogP contribution in [0.5, 0.6) is 0 Å². The Morgan fingerprint density at radius 2 is 1.89 bits per heavy atom. The van der Waals surface area contributed by atoms with Gasteiger partial charge < -0.3 is 10.2 Å². The Morgan fingerprint density at radius 1 is 1.32 bits per heavy atom. The van der Waals surface area contributed by atoms with Gasteiger partial charge in [-0.2, -0.15) is 17.4 Å². The number of piperidine rings is 1. The molecule has 0 bridgehead atoms. The van der Waals surface area contributed by atoms with Crippen molar-refractivity contribution in [2.45, 2.75) is 37.6 Å². The SMILES string of the molecule is O=C(O)C1CCN(S(=O)(=O)NC2(CO)CCC2)CC1. The molecule has 1 aliphatic carbocycles. The molecule has 0 spiro atoms. The lowest BCUT2D eigenvalue weighted by Gasteiger charge is -2.42. The fourth-order valence-corrected chi connectivity index (χ4v) is 4.21. The maximum atomic E-state index is 12.2. The van der Waals surface area contributed by atoms with Crippen molar-refractivity contribution in [1.82, 2.24) is 9.03 Å². The molecule has 2 aliphatic rings. The average molecular weight is 292 g/mol. The molecule has 3 N–H and O–H groups in total. The first-order chi connectivity index (χ1) is 8.88. The van der Waals surface area contributed by atoms with E-state index in [2.05, 4.69) is 4.72 Å². The number of carboxylic acid groups (broad SMARTS) is 1. The molecule has 1 aliphatic heterocycles. The van der Waals surface area contributed by atoms with Crippen LogP contribution in [-0.4, -0.2) is 54.1 Å². The van der Waals surface area contributed by atoms with Crippen molar-refractivity contribution in [3.05, 3.63) is 0 Å². The summed E-state index contributed by atoms with van der Waals surface area (Å²) in [6, 6.07) is 0. The Hall–Kier alpha value is -0.700. The quantitative estimate of drug-likeness (QED) is 0.635. The van der Waals surface area contributed by atoms with E-state index in [0.29, 0.717) is 25.7 Å². The van der Waals surface area contributed by atoms with Crippen LogP contribution in [0.15, 0.2) is 0 Å². The zero-order valence-electron chi connectivity index (χ0n) is 10.7. The molecule has 0 unspecified atom stereocenters. The minimum atomic E-state index is -3.63. The van der Waals surface area contributed by atoms with Gasteiger partial charge in [-0.3, -0.25) is 4.79 Å². The highest BCUT2D eigenvalue weighted by Crippen LogP contribution is 2.32. The number of hydrogen-bond donors (Lipinski definition) is 3. The van der Waals surface area contributed by atoms with Gasteiger partial charge in [-0.25, -0.2) is 0 Å². The van der Waals surface area contributed by atoms with Crippen LogP contribution in [-0.2, 0) is 15.0 Å². The molecule has 8 heteroatoms. The van der Waals surface area contributed by atoms with Crippen LogP contribution >= 0.6 is 0 Å². The fourth-order valence-electron chi connectivity index (χ4n) is 2.58. The zero-order valence-corrected chi connectivity index (χ0v) is 11.5. The van der Waals surface area contributed by atoms with Crippen molar-refractivity contribution < 1.29 is 23.4 Å². The van der Waals surface area contributed by atoms with Crippen LogP contribution in [0, 0.1) is 5.92 Å². The standard InChI is InChI=1S/C11H20N2O5S/c14-8-11(4-1-5-11)12-19(17,18)13-6-2-9(3-7-13)10(15)16/h9,12,14H,1-8H2,(H,15,16). The van der Waals surface area contributed by atoms with Crippen LogP contribution in [0.25, 0.3) is 0 Å². The lowest BCUT2D eigenvalue weighted by molar-refractivity contribution is -0.142. The highest BCUT2D eigenvalue weighted by molar-refractivity contribution is 7.87. The summed E-state index contributed by atoms with van der Waals surface area (Å²) in [4.78, 5) is 10.8. The zero-order chi connectivity index (χ0) is 14.1. The molecule has 1 heterocycles. The molecule has 0 aromatic carbocycles. The van der Waals surface area contributed by atoms with E-state index in [1.54, 1.807) is 0 Å². The van der Waals surface area contributed by atoms with Gasteiger partial charge in [-0.15, -0.1) is 0 Å². The minimum absolute atomic E-state index is 0.197. The first-order valence-electron chi connectivity index (χ1n) is 6.51. The van der Waals surface area contributed by atoms with Gasteiger partial charge in [-0.05, 0) is 32.1 Å². The van der Waals surface area contributed by atoms with Crippen molar-refractivity contribution in [3.8, 4) is 0 Å². The molecule has 1 saturated heterocycles. The van der Waals surface area contributed by atoms with Gasteiger partial charge in [0.1, 0.15) is 0 Å². The topological polar surface area (TPSA) is 107 Å². The molecule has 1 saturated carbocycles. The van der Waals surface area contributed by atoms with Crippen LogP contribution in [0.3, 0.4) is 0 Å². The monoisotopic (exact) mass is 292 g/mol. The first kappa shape index (κ1) is 14.7. The van der Waals surface area contributed by atoms with Gasteiger partial charge >= 0.3 is 5.97 Å². The van der Waals surface area contributed by atoms with Crippen LogP contribution < -0.4 is 4.72 Å². The average Bonchev–Trinajstić information content (AvgIpc) is 2.34. The number of aliphatic carboxylic acids is 1. The van der Waals surface area contributed by atoms with Gasteiger partial charge in [0.15, 0.2) is 0 Å². The number of aliphatic hydroxyl groups excluding tert-OH is 1. The second-order valence-electron chi connectivity index (χ2n) is 5.41. The highest BCUT2D eigenvalue weighted by Gasteiger charge is 2.42. The molecule has 0 aromatic rings. The van der Waals surface area contributed by atoms with Crippen molar-refractivity contribution in [1.29, 1.82) is 0 Å². The maximum absolute atomic E-state index is 12.2. The van der Waals surface area contributed by atoms with Crippen molar-refractivity contribution in [2.24, 2.45) is 5.92 Å². The maximum Gasteiger partial charge on any atom is 0.306 e. The molecule has 0 atom stereocenters. The molecule has 2 fully saturated rings. The Kier molecular flexibility index (Phi) is 4.14. The number of nitrogens with zero attached hydrogens (tertiary/aromatic N) is 1. The third-order valence-electron chi connectivity index (χ3n) is 4.10. The summed E-state index contributed by atoms with van der Waals surface area (Å²) < 4.78 is 28.2. The smallest absolute Gasteiger partial charge is 0.306 e. The van der Waals surface area contributed by atoms with Gasteiger partial charge in [0.2, 0.25) is 0 Å². The van der Waals surface area contributed by atoms with Gasteiger partial charge in [-0.1, -0.05) is 0 Å². The van der Waals surface area contributed by atoms with E-state index in [-0.39, 0.29) is 19.7 Å². The minimum Gasteiger partial charge on any atom is -0.481 e. The van der Waals surface area contributed by atoms with Crippen molar-refractivity contribution in [2.75, 3.05) is 19.7 Å². The summed E-state index contributed by atoms with van der Waals surface area (Å²) >= 11 is 0. The van der Waals surface area contributed by atoms with E-state index in [1.807, 2.05) is 0 Å². The Bertz CT molecular complexity index is 432. The van der Waals surface area contributed by atoms with Gasteiger partial charge in [0.25, 0.3) is 10.2 Å². The largest absolute Gasteiger partial charge is 0.481 e. The molecular weight excluding hydrogens is 272 g/mol. The summed E-state index contributed by atoms with van der Waals surface area (Å²) in [7, 11) is -3.63. The molecule has 0 radical (unpaired) electrons. The summed E-state index contributed by atoms with van der Waals surface area (Å²) in [5.74, 6) is -1.32. The Labute approximate surface area is 112 Å². The Balaban J connectivity index is 1.96. The second kappa shape index (κ2) is 5.35. The van der Waals surface area contributed by atoms with E-state index in [0.717, 1.165) is 6.42 Å². The molecule has 0 amide bonds. The lowest BCUT2D eigenvalue weighted by Crippen LogP contribution is -2.60. The normalized spacial score (nSPS) is 24.9. The summed E-state index contributed by atoms with van der Waals surface area (Å²) in [6.45, 7) is 0.236. The van der Waals surface area contributed by atoms with E-state index in [9.17, 15) is 18.3 Å². The Morgan fingerprint density at radius 3 is 2.26 bits per heavy atom. The summed E-state index contributed by atoms with van der Waals surface area (Å²) in [5.41, 5.74) is -0.706. The number of rotatable bonds is 5. The van der Waals surface area contributed by atoms with E-state index in [1.165, 1.54) is 4.31 Å². The predicted octanol–water partition coefficient (Wildman–Crippen LogP) is -0.468. The molecular formula is C11H20N2O5S. The third kappa shape index (κ3) is 3.07. The van der Waals surface area contributed by atoms with Gasteiger partial charge in [0.05, 0.1) is 18.1 Å². The molecule has 110 valence electrons. The molecule has 19 heavy (non-hydrogen) atoms. The van der Waals surface area contributed by atoms with E-state index >= 15 is 0 Å². The third-order valence-corrected chi connectivity index (χ3v) is 5.84. The number of carboxylic acids is 1. The second-order valence-corrected chi connectivity index (χ2v) is 7.08. The fraction of sp³-hybridized carbons (Fsp3) is 0.909. The lowest BCUT2D eigenvalue weighted by atomic mass is 9.78. The summed E-state index contributed by atoms with van der Waals surface area (Å²) in [5, 5.41) is 18.2. The molecule has 7 nitrogen and oxygen atoms in total. The van der Waals surface area contributed by atoms with Crippen molar-refractivity contribution in [3.63, 3.8) is 0 Å². The van der Waals surface area contributed by atoms with Crippen molar-refractivity contribution >= 4 is 16.2 Å². The van der Waals surface area contributed by atoms with Crippen LogP contribution in [0.2, 0.25) is 0 Å². The first-order valence-corrected chi connectivity index (χ1v) is 7.95. The van der Waals surface area contributed by atoms with E-state index in [4.69, 9.17) is 5.11 Å². The van der Waals surface area contributed by atoms with Crippen LogP contribution in [0.1, 0.15) is 32.1 Å². The predicted molar refractivity (Wildman–Crippen MR) is 67.7 cm³/mol. The number of aliphatic hydroxyl groups is 1. The molecule has 2 rings (SSSR count). The number of carbonyl (C=O) groups is 1. The van der Waals surface area contributed by atoms with Crippen LogP contribution in [0.4, 0.5) is 0 Å². The van der Waals surface area contributed by atoms with Gasteiger partial charge in [0, 0.05) is 13.1 Å². The van der Waals surface area contributed by atoms with E-state index < -0.39 is 27.6 Å². The molecule has 0 aromatic heterocycles.